The summed E-state index contributed by atoms with van der Waals surface area (Å²) in [6.45, 7) is 0.794. The SMILES string of the molecule is Ic1ccc(Oc2nc3sccn3c2CNC2CC2)cc1. The van der Waals surface area contributed by atoms with Crippen molar-refractivity contribution in [2.24, 2.45) is 0 Å². The predicted molar refractivity (Wildman–Crippen MR) is 92.2 cm³/mol. The lowest BCUT2D eigenvalue weighted by Crippen LogP contribution is -2.16. The molecule has 6 heteroatoms. The molecule has 0 bridgehead atoms. The van der Waals surface area contributed by atoms with Crippen molar-refractivity contribution in [1.82, 2.24) is 14.7 Å². The molecule has 0 aliphatic heterocycles. The molecule has 0 unspecified atom stereocenters. The summed E-state index contributed by atoms with van der Waals surface area (Å²) in [5.74, 6) is 1.53. The zero-order valence-corrected chi connectivity index (χ0v) is 14.2. The van der Waals surface area contributed by atoms with Crippen LogP contribution in [0.4, 0.5) is 0 Å². The largest absolute Gasteiger partial charge is 0.437 e. The van der Waals surface area contributed by atoms with Gasteiger partial charge in [-0.05, 0) is 59.7 Å². The van der Waals surface area contributed by atoms with E-state index in [1.807, 2.05) is 24.3 Å². The molecule has 2 heterocycles. The van der Waals surface area contributed by atoms with E-state index in [0.29, 0.717) is 11.9 Å². The molecular formula is C15H14IN3OS. The van der Waals surface area contributed by atoms with Crippen molar-refractivity contribution in [3.63, 3.8) is 0 Å². The van der Waals surface area contributed by atoms with Crippen molar-refractivity contribution in [1.29, 1.82) is 0 Å². The summed E-state index contributed by atoms with van der Waals surface area (Å²) in [5.41, 5.74) is 1.09. The molecule has 0 radical (unpaired) electrons. The summed E-state index contributed by atoms with van der Waals surface area (Å²) < 4.78 is 9.30. The molecule has 0 saturated heterocycles. The van der Waals surface area contributed by atoms with Gasteiger partial charge in [0.1, 0.15) is 11.4 Å². The number of hydrogen-bond donors (Lipinski definition) is 1. The lowest BCUT2D eigenvalue weighted by molar-refractivity contribution is 0.455. The highest BCUT2D eigenvalue weighted by Gasteiger charge is 2.23. The van der Waals surface area contributed by atoms with Crippen molar-refractivity contribution in [2.45, 2.75) is 25.4 Å². The summed E-state index contributed by atoms with van der Waals surface area (Å²) in [5, 5.41) is 5.59. The van der Waals surface area contributed by atoms with E-state index >= 15 is 0 Å². The lowest BCUT2D eigenvalue weighted by atomic mass is 10.3. The number of imidazole rings is 1. The van der Waals surface area contributed by atoms with Gasteiger partial charge in [0.15, 0.2) is 4.96 Å². The van der Waals surface area contributed by atoms with Crippen LogP contribution in [0, 0.1) is 3.57 Å². The third-order valence-corrected chi connectivity index (χ3v) is 4.96. The number of nitrogens with one attached hydrogen (secondary N) is 1. The van der Waals surface area contributed by atoms with Crippen LogP contribution in [0.25, 0.3) is 4.96 Å². The van der Waals surface area contributed by atoms with Gasteiger partial charge in [-0.3, -0.25) is 4.40 Å². The standard InChI is InChI=1S/C15H14IN3OS/c16-10-1-5-12(6-2-10)20-14-13(9-17-11-3-4-11)19-7-8-21-15(19)18-14/h1-2,5-8,11,17H,3-4,9H2. The number of rotatable bonds is 5. The molecule has 108 valence electrons. The summed E-state index contributed by atoms with van der Waals surface area (Å²) in [6.07, 6.45) is 4.61. The van der Waals surface area contributed by atoms with Crippen molar-refractivity contribution in [3.8, 4) is 11.6 Å². The monoisotopic (exact) mass is 411 g/mol. The minimum atomic E-state index is 0.667. The van der Waals surface area contributed by atoms with Gasteiger partial charge in [-0.1, -0.05) is 0 Å². The first-order chi connectivity index (χ1) is 10.3. The van der Waals surface area contributed by atoms with Crippen LogP contribution >= 0.6 is 33.9 Å². The van der Waals surface area contributed by atoms with E-state index in [1.54, 1.807) is 11.3 Å². The van der Waals surface area contributed by atoms with Crippen molar-refractivity contribution < 1.29 is 4.74 Å². The first-order valence-corrected chi connectivity index (χ1v) is 8.87. The zero-order chi connectivity index (χ0) is 14.2. The summed E-state index contributed by atoms with van der Waals surface area (Å²) in [4.78, 5) is 5.58. The number of hydrogen-bond acceptors (Lipinski definition) is 4. The molecule has 0 spiro atoms. The number of aromatic nitrogens is 2. The Labute approximate surface area is 140 Å². The van der Waals surface area contributed by atoms with Crippen molar-refractivity contribution in [2.75, 3.05) is 0 Å². The Bertz CT molecular complexity index is 761. The van der Waals surface area contributed by atoms with Gasteiger partial charge in [0.25, 0.3) is 0 Å². The average molecular weight is 411 g/mol. The number of nitrogens with zero attached hydrogens (tertiary/aromatic N) is 2. The van der Waals surface area contributed by atoms with Crippen LogP contribution in [0.5, 0.6) is 11.6 Å². The number of thiazole rings is 1. The molecule has 3 aromatic rings. The van der Waals surface area contributed by atoms with E-state index in [-0.39, 0.29) is 0 Å². The van der Waals surface area contributed by atoms with Crippen LogP contribution in [0.2, 0.25) is 0 Å². The minimum Gasteiger partial charge on any atom is -0.437 e. The Morgan fingerprint density at radius 2 is 2.14 bits per heavy atom. The molecule has 0 amide bonds. The fourth-order valence-electron chi connectivity index (χ4n) is 2.20. The lowest BCUT2D eigenvalue weighted by Gasteiger charge is -2.07. The Kier molecular flexibility index (Phi) is 3.60. The van der Waals surface area contributed by atoms with E-state index in [2.05, 4.69) is 48.9 Å². The van der Waals surface area contributed by atoms with E-state index in [1.165, 1.54) is 16.4 Å². The van der Waals surface area contributed by atoms with Gasteiger partial charge in [0.2, 0.25) is 5.88 Å². The summed E-state index contributed by atoms with van der Waals surface area (Å²) in [7, 11) is 0. The molecule has 2 aromatic heterocycles. The Hall–Kier alpha value is -1.12. The van der Waals surface area contributed by atoms with Gasteiger partial charge in [0.05, 0.1) is 0 Å². The van der Waals surface area contributed by atoms with Gasteiger partial charge in [0, 0.05) is 27.7 Å². The van der Waals surface area contributed by atoms with Gasteiger partial charge in [-0.2, -0.15) is 4.98 Å². The van der Waals surface area contributed by atoms with Crippen LogP contribution in [0.15, 0.2) is 35.8 Å². The molecule has 1 aliphatic rings. The van der Waals surface area contributed by atoms with E-state index < -0.39 is 0 Å². The molecule has 0 atom stereocenters. The molecule has 1 saturated carbocycles. The van der Waals surface area contributed by atoms with Crippen LogP contribution in [0.3, 0.4) is 0 Å². The Morgan fingerprint density at radius 1 is 1.33 bits per heavy atom. The highest BCUT2D eigenvalue weighted by atomic mass is 127. The first kappa shape index (κ1) is 13.5. The maximum Gasteiger partial charge on any atom is 0.243 e. The van der Waals surface area contributed by atoms with E-state index in [0.717, 1.165) is 22.9 Å². The highest BCUT2D eigenvalue weighted by Crippen LogP contribution is 2.29. The van der Waals surface area contributed by atoms with Gasteiger partial charge < -0.3 is 10.1 Å². The quantitative estimate of drug-likeness (QED) is 0.644. The number of fused-ring (bicyclic) bond motifs is 1. The number of halogens is 1. The van der Waals surface area contributed by atoms with Crippen LogP contribution in [-0.2, 0) is 6.54 Å². The normalized spacial score (nSPS) is 14.7. The minimum absolute atomic E-state index is 0.667. The van der Waals surface area contributed by atoms with Crippen LogP contribution in [0.1, 0.15) is 18.5 Å². The van der Waals surface area contributed by atoms with Crippen molar-refractivity contribution in [3.05, 3.63) is 45.1 Å². The third-order valence-electron chi connectivity index (χ3n) is 3.49. The fraction of sp³-hybridized carbons (Fsp3) is 0.267. The van der Waals surface area contributed by atoms with Gasteiger partial charge in [-0.25, -0.2) is 0 Å². The Balaban J connectivity index is 1.64. The van der Waals surface area contributed by atoms with Crippen LogP contribution < -0.4 is 10.1 Å². The number of benzene rings is 1. The summed E-state index contributed by atoms with van der Waals surface area (Å²) >= 11 is 3.92. The maximum absolute atomic E-state index is 5.99. The third kappa shape index (κ3) is 2.93. The van der Waals surface area contributed by atoms with Gasteiger partial charge in [-0.15, -0.1) is 11.3 Å². The summed E-state index contributed by atoms with van der Waals surface area (Å²) in [6, 6.07) is 8.70. The second-order valence-electron chi connectivity index (χ2n) is 5.13. The fourth-order valence-corrected chi connectivity index (χ4v) is 3.28. The van der Waals surface area contributed by atoms with E-state index in [9.17, 15) is 0 Å². The second kappa shape index (κ2) is 5.58. The molecule has 4 nitrogen and oxygen atoms in total. The average Bonchev–Trinajstić information content (AvgIpc) is 3.10. The van der Waals surface area contributed by atoms with E-state index in [4.69, 9.17) is 4.74 Å². The maximum atomic E-state index is 5.99. The van der Waals surface area contributed by atoms with Crippen LogP contribution in [-0.4, -0.2) is 15.4 Å². The molecule has 21 heavy (non-hydrogen) atoms. The molecular weight excluding hydrogens is 397 g/mol. The molecule has 4 rings (SSSR count). The second-order valence-corrected chi connectivity index (χ2v) is 7.25. The highest BCUT2D eigenvalue weighted by molar-refractivity contribution is 14.1. The topological polar surface area (TPSA) is 38.6 Å². The Morgan fingerprint density at radius 3 is 2.90 bits per heavy atom. The molecule has 1 N–H and O–H groups in total. The zero-order valence-electron chi connectivity index (χ0n) is 11.3. The first-order valence-electron chi connectivity index (χ1n) is 6.91. The van der Waals surface area contributed by atoms with Gasteiger partial charge >= 0.3 is 0 Å². The number of ether oxygens (including phenoxy) is 1. The predicted octanol–water partition coefficient (Wildman–Crippen LogP) is 4.04. The van der Waals surface area contributed by atoms with Crippen molar-refractivity contribution >= 4 is 38.9 Å². The smallest absolute Gasteiger partial charge is 0.243 e. The molecule has 1 aliphatic carbocycles. The molecule has 1 aromatic carbocycles. The molecule has 1 fully saturated rings.